The second kappa shape index (κ2) is 6.60. The molecule has 5 heteroatoms. The van der Waals surface area contributed by atoms with E-state index in [-0.39, 0.29) is 0 Å². The summed E-state index contributed by atoms with van der Waals surface area (Å²) in [5, 5.41) is 0. The summed E-state index contributed by atoms with van der Waals surface area (Å²) in [5.74, 6) is 0.624. The van der Waals surface area contributed by atoms with Crippen LogP contribution < -0.4 is 15.2 Å². The summed E-state index contributed by atoms with van der Waals surface area (Å²) in [6.07, 6.45) is 0. The lowest BCUT2D eigenvalue weighted by Crippen LogP contribution is -2.12. The fourth-order valence-corrected chi connectivity index (χ4v) is 2.57. The zero-order chi connectivity index (χ0) is 14.5. The van der Waals surface area contributed by atoms with E-state index >= 15 is 0 Å². The number of hydrogen-bond acceptors (Lipinski definition) is 3. The molecular formula is C15H14INO3. The second-order valence-corrected chi connectivity index (χ2v) is 5.29. The molecule has 2 aromatic rings. The molecule has 0 atom stereocenters. The van der Waals surface area contributed by atoms with E-state index < -0.39 is 5.91 Å². The molecule has 0 aliphatic carbocycles. The Balaban J connectivity index is 2.27. The van der Waals surface area contributed by atoms with Crippen molar-refractivity contribution >= 4 is 28.5 Å². The Bertz CT molecular complexity index is 614. The molecule has 0 bridgehead atoms. The van der Waals surface area contributed by atoms with Crippen molar-refractivity contribution in [1.29, 1.82) is 0 Å². The average molecular weight is 383 g/mol. The van der Waals surface area contributed by atoms with Crippen LogP contribution in [0.4, 0.5) is 0 Å². The molecule has 0 heterocycles. The van der Waals surface area contributed by atoms with Crippen LogP contribution in [0.3, 0.4) is 0 Å². The van der Waals surface area contributed by atoms with Crippen molar-refractivity contribution in [1.82, 2.24) is 0 Å². The first-order valence-corrected chi connectivity index (χ1v) is 7.03. The summed E-state index contributed by atoms with van der Waals surface area (Å²) in [6.45, 7) is 0.398. The summed E-state index contributed by atoms with van der Waals surface area (Å²) >= 11 is 2.09. The minimum Gasteiger partial charge on any atom is -0.492 e. The molecule has 0 saturated heterocycles. The first-order valence-electron chi connectivity index (χ1n) is 5.96. The zero-order valence-electron chi connectivity index (χ0n) is 10.9. The van der Waals surface area contributed by atoms with Crippen molar-refractivity contribution in [2.75, 3.05) is 7.11 Å². The van der Waals surface area contributed by atoms with Crippen LogP contribution in [0, 0.1) is 3.57 Å². The van der Waals surface area contributed by atoms with E-state index in [0.717, 1.165) is 9.13 Å². The van der Waals surface area contributed by atoms with E-state index in [0.29, 0.717) is 23.7 Å². The molecule has 104 valence electrons. The van der Waals surface area contributed by atoms with Gasteiger partial charge in [-0.1, -0.05) is 30.3 Å². The monoisotopic (exact) mass is 383 g/mol. The van der Waals surface area contributed by atoms with E-state index in [1.54, 1.807) is 19.2 Å². The van der Waals surface area contributed by atoms with Gasteiger partial charge in [0.1, 0.15) is 6.61 Å². The van der Waals surface area contributed by atoms with Crippen molar-refractivity contribution in [3.05, 3.63) is 57.2 Å². The number of halogens is 1. The van der Waals surface area contributed by atoms with E-state index in [4.69, 9.17) is 15.2 Å². The lowest BCUT2D eigenvalue weighted by atomic mass is 10.2. The molecule has 0 aliphatic rings. The maximum absolute atomic E-state index is 11.3. The first-order chi connectivity index (χ1) is 9.61. The molecule has 4 nitrogen and oxygen atoms in total. The van der Waals surface area contributed by atoms with Gasteiger partial charge >= 0.3 is 0 Å². The van der Waals surface area contributed by atoms with Crippen molar-refractivity contribution in [2.24, 2.45) is 5.73 Å². The molecule has 0 radical (unpaired) electrons. The molecule has 20 heavy (non-hydrogen) atoms. The summed E-state index contributed by atoms with van der Waals surface area (Å²) in [5.41, 5.74) is 6.75. The topological polar surface area (TPSA) is 61.5 Å². The van der Waals surface area contributed by atoms with Crippen molar-refractivity contribution in [3.63, 3.8) is 0 Å². The van der Waals surface area contributed by atoms with Gasteiger partial charge in [0.15, 0.2) is 11.5 Å². The SMILES string of the molecule is COc1c(I)cc(C(N)=O)cc1OCc1ccccc1. The van der Waals surface area contributed by atoms with Crippen molar-refractivity contribution < 1.29 is 14.3 Å². The zero-order valence-corrected chi connectivity index (χ0v) is 13.1. The highest BCUT2D eigenvalue weighted by Crippen LogP contribution is 2.34. The average Bonchev–Trinajstić information content (AvgIpc) is 2.45. The Morgan fingerprint density at radius 2 is 1.95 bits per heavy atom. The minimum atomic E-state index is -0.491. The number of ether oxygens (including phenoxy) is 2. The Labute approximate surface area is 131 Å². The van der Waals surface area contributed by atoms with Gasteiger partial charge in [-0.2, -0.15) is 0 Å². The highest BCUT2D eigenvalue weighted by molar-refractivity contribution is 14.1. The number of hydrogen-bond donors (Lipinski definition) is 1. The number of rotatable bonds is 5. The van der Waals surface area contributed by atoms with Crippen LogP contribution in [0.2, 0.25) is 0 Å². The lowest BCUT2D eigenvalue weighted by molar-refractivity contribution is 0.0999. The number of nitrogens with two attached hydrogens (primary N) is 1. The molecule has 0 spiro atoms. The van der Waals surface area contributed by atoms with Gasteiger partial charge in [0, 0.05) is 5.56 Å². The fraction of sp³-hybridized carbons (Fsp3) is 0.133. The van der Waals surface area contributed by atoms with Crippen LogP contribution in [-0.4, -0.2) is 13.0 Å². The summed E-state index contributed by atoms with van der Waals surface area (Å²) in [4.78, 5) is 11.3. The molecule has 0 unspecified atom stereocenters. The number of amides is 1. The third-order valence-electron chi connectivity index (χ3n) is 2.74. The quantitative estimate of drug-likeness (QED) is 0.808. The molecule has 2 N–H and O–H groups in total. The van der Waals surface area contributed by atoms with Crippen LogP contribution in [0.1, 0.15) is 15.9 Å². The largest absolute Gasteiger partial charge is 0.492 e. The molecule has 2 rings (SSSR count). The summed E-state index contributed by atoms with van der Waals surface area (Å²) in [7, 11) is 1.57. The molecule has 0 aromatic heterocycles. The smallest absolute Gasteiger partial charge is 0.248 e. The molecular weight excluding hydrogens is 369 g/mol. The van der Waals surface area contributed by atoms with Crippen LogP contribution >= 0.6 is 22.6 Å². The highest BCUT2D eigenvalue weighted by atomic mass is 127. The van der Waals surface area contributed by atoms with Gasteiger partial charge in [0.25, 0.3) is 0 Å². The highest BCUT2D eigenvalue weighted by Gasteiger charge is 2.14. The van der Waals surface area contributed by atoms with Gasteiger partial charge in [-0.05, 0) is 40.3 Å². The summed E-state index contributed by atoms with van der Waals surface area (Å²) in [6, 6.07) is 13.0. The minimum absolute atomic E-state index is 0.398. The molecule has 0 saturated carbocycles. The normalized spacial score (nSPS) is 10.1. The second-order valence-electron chi connectivity index (χ2n) is 4.13. The van der Waals surface area contributed by atoms with Crippen molar-refractivity contribution in [3.8, 4) is 11.5 Å². The predicted octanol–water partition coefficient (Wildman–Crippen LogP) is 2.98. The van der Waals surface area contributed by atoms with Gasteiger partial charge in [0.05, 0.1) is 10.7 Å². The molecule has 1 amide bonds. The van der Waals surface area contributed by atoms with Crippen LogP contribution in [0.15, 0.2) is 42.5 Å². The Kier molecular flexibility index (Phi) is 4.84. The Morgan fingerprint density at radius 3 is 2.55 bits per heavy atom. The number of methoxy groups -OCH3 is 1. The van der Waals surface area contributed by atoms with Gasteiger partial charge in [-0.3, -0.25) is 4.79 Å². The van der Waals surface area contributed by atoms with E-state index in [1.165, 1.54) is 0 Å². The van der Waals surface area contributed by atoms with Crippen LogP contribution in [0.25, 0.3) is 0 Å². The molecule has 0 aliphatic heterocycles. The van der Waals surface area contributed by atoms with Gasteiger partial charge in [-0.15, -0.1) is 0 Å². The third-order valence-corrected chi connectivity index (χ3v) is 3.54. The van der Waals surface area contributed by atoms with E-state index in [2.05, 4.69) is 22.6 Å². The van der Waals surface area contributed by atoms with E-state index in [1.807, 2.05) is 30.3 Å². The van der Waals surface area contributed by atoms with Gasteiger partial charge in [0.2, 0.25) is 5.91 Å². The number of carbonyl (C=O) groups is 1. The maximum atomic E-state index is 11.3. The van der Waals surface area contributed by atoms with Crippen molar-refractivity contribution in [2.45, 2.75) is 6.61 Å². The standard InChI is InChI=1S/C15H14INO3/c1-19-14-12(16)7-11(15(17)18)8-13(14)20-9-10-5-3-2-4-6-10/h2-8H,9H2,1H3,(H2,17,18). The number of primary amides is 1. The first kappa shape index (κ1) is 14.6. The predicted molar refractivity (Wildman–Crippen MR) is 85.0 cm³/mol. The Hall–Kier alpha value is -1.76. The van der Waals surface area contributed by atoms with Gasteiger partial charge < -0.3 is 15.2 Å². The van der Waals surface area contributed by atoms with Crippen LogP contribution in [0.5, 0.6) is 11.5 Å². The third kappa shape index (κ3) is 3.41. The molecule has 2 aromatic carbocycles. The molecule has 0 fully saturated rings. The number of carbonyl (C=O) groups excluding carboxylic acids is 1. The van der Waals surface area contributed by atoms with Crippen LogP contribution in [-0.2, 0) is 6.61 Å². The maximum Gasteiger partial charge on any atom is 0.248 e. The summed E-state index contributed by atoms with van der Waals surface area (Å²) < 4.78 is 11.8. The number of benzene rings is 2. The fourth-order valence-electron chi connectivity index (χ4n) is 1.75. The lowest BCUT2D eigenvalue weighted by Gasteiger charge is -2.13. The van der Waals surface area contributed by atoms with E-state index in [9.17, 15) is 4.79 Å². The van der Waals surface area contributed by atoms with Gasteiger partial charge in [-0.25, -0.2) is 0 Å². The Morgan fingerprint density at radius 1 is 1.25 bits per heavy atom.